The van der Waals surface area contributed by atoms with E-state index in [4.69, 9.17) is 0 Å². The number of hydrogen-bond acceptors (Lipinski definition) is 1. The molecule has 1 rings (SSSR count). The average molecular weight is 151 g/mol. The van der Waals surface area contributed by atoms with Crippen LogP contribution in [0.4, 0.5) is 0 Å². The lowest BCUT2D eigenvalue weighted by Gasteiger charge is -2.13. The highest BCUT2D eigenvalue weighted by atomic mass is 14.8. The van der Waals surface area contributed by atoms with E-state index in [-0.39, 0.29) is 0 Å². The molecule has 0 bridgehead atoms. The van der Waals surface area contributed by atoms with Gasteiger partial charge < -0.3 is 5.32 Å². The van der Waals surface area contributed by atoms with Crippen LogP contribution in [-0.2, 0) is 0 Å². The molecule has 11 heavy (non-hydrogen) atoms. The summed E-state index contributed by atoms with van der Waals surface area (Å²) in [6.45, 7) is 5.49. The summed E-state index contributed by atoms with van der Waals surface area (Å²) in [5, 5.41) is 3.24. The van der Waals surface area contributed by atoms with Crippen LogP contribution in [0.1, 0.15) is 33.1 Å². The third-order valence-corrected chi connectivity index (χ3v) is 2.16. The van der Waals surface area contributed by atoms with Gasteiger partial charge in [-0.1, -0.05) is 13.3 Å². The van der Waals surface area contributed by atoms with Crippen molar-refractivity contribution in [3.63, 3.8) is 0 Å². The molecule has 0 aliphatic carbocycles. The second-order valence-electron chi connectivity index (χ2n) is 3.10. The first-order chi connectivity index (χ1) is 5.34. The van der Waals surface area contributed by atoms with E-state index in [9.17, 15) is 0 Å². The van der Waals surface area contributed by atoms with Crippen molar-refractivity contribution in [1.29, 1.82) is 0 Å². The molecule has 0 aromatic rings. The molecule has 0 amide bonds. The zero-order valence-electron chi connectivity index (χ0n) is 7.48. The molecule has 0 saturated carbocycles. The van der Waals surface area contributed by atoms with Gasteiger partial charge in [0.05, 0.1) is 0 Å². The molecule has 1 N–H and O–H groups in total. The van der Waals surface area contributed by atoms with Gasteiger partial charge in [0.25, 0.3) is 0 Å². The number of unbranched alkanes of at least 4 members (excludes halogenated alkanes) is 1. The number of hydrogen-bond donors (Lipinski definition) is 1. The lowest BCUT2D eigenvalue weighted by molar-refractivity contribution is 0.742. The van der Waals surface area contributed by atoms with Crippen LogP contribution in [0.25, 0.3) is 0 Å². The summed E-state index contributed by atoms with van der Waals surface area (Å²) in [6.07, 6.45) is 8.07. The Morgan fingerprint density at radius 1 is 1.55 bits per heavy atom. The van der Waals surface area contributed by atoms with Gasteiger partial charge in [0.1, 0.15) is 0 Å². The van der Waals surface area contributed by atoms with E-state index in [0.717, 1.165) is 6.54 Å². The third kappa shape index (κ3) is 2.41. The predicted molar refractivity (Wildman–Crippen MR) is 49.4 cm³/mol. The minimum atomic E-state index is 1.06. The maximum Gasteiger partial charge on any atom is 0.0360 e. The van der Waals surface area contributed by atoms with Crippen molar-refractivity contribution >= 4 is 0 Å². The monoisotopic (exact) mass is 151 g/mol. The lowest BCUT2D eigenvalue weighted by atomic mass is 10.0. The van der Waals surface area contributed by atoms with Crippen LogP contribution in [0.5, 0.6) is 0 Å². The first-order valence-electron chi connectivity index (χ1n) is 4.43. The van der Waals surface area contributed by atoms with E-state index >= 15 is 0 Å². The Morgan fingerprint density at radius 2 is 2.36 bits per heavy atom. The van der Waals surface area contributed by atoms with Gasteiger partial charge in [0.15, 0.2) is 0 Å². The van der Waals surface area contributed by atoms with Gasteiger partial charge in [-0.25, -0.2) is 0 Å². The molecule has 1 heteroatoms. The Kier molecular flexibility index (Phi) is 3.21. The van der Waals surface area contributed by atoms with E-state index < -0.39 is 0 Å². The summed E-state index contributed by atoms with van der Waals surface area (Å²) in [4.78, 5) is 0. The highest BCUT2D eigenvalue weighted by Crippen LogP contribution is 2.14. The van der Waals surface area contributed by atoms with Gasteiger partial charge >= 0.3 is 0 Å². The summed E-state index contributed by atoms with van der Waals surface area (Å²) in [5.74, 6) is 0. The first kappa shape index (κ1) is 8.38. The summed E-state index contributed by atoms with van der Waals surface area (Å²) in [5.41, 5.74) is 3.03. The second-order valence-corrected chi connectivity index (χ2v) is 3.10. The van der Waals surface area contributed by atoms with Crippen LogP contribution in [-0.4, -0.2) is 6.54 Å². The minimum absolute atomic E-state index is 1.06. The Morgan fingerprint density at radius 3 is 3.00 bits per heavy atom. The molecule has 0 spiro atoms. The van der Waals surface area contributed by atoms with Crippen molar-refractivity contribution < 1.29 is 0 Å². The van der Waals surface area contributed by atoms with Gasteiger partial charge in [-0.3, -0.25) is 0 Å². The van der Waals surface area contributed by atoms with Crippen molar-refractivity contribution in [2.45, 2.75) is 33.1 Å². The van der Waals surface area contributed by atoms with Crippen molar-refractivity contribution in [1.82, 2.24) is 5.32 Å². The number of allylic oxidation sites excluding steroid dienone is 2. The molecule has 0 aromatic carbocycles. The SMILES string of the molecule is CCCCC1=C(C)C=CNC1. The Labute approximate surface area is 69.2 Å². The van der Waals surface area contributed by atoms with Crippen molar-refractivity contribution in [2.75, 3.05) is 6.54 Å². The molecular weight excluding hydrogens is 134 g/mol. The van der Waals surface area contributed by atoms with Crippen LogP contribution in [0, 0.1) is 0 Å². The predicted octanol–water partition coefficient (Wildman–Crippen LogP) is 2.61. The molecule has 1 nitrogen and oxygen atoms in total. The molecule has 1 aliphatic heterocycles. The molecule has 0 aromatic heterocycles. The van der Waals surface area contributed by atoms with E-state index in [1.807, 2.05) is 6.20 Å². The average Bonchev–Trinajstić information content (AvgIpc) is 2.03. The number of nitrogens with one attached hydrogen (secondary N) is 1. The van der Waals surface area contributed by atoms with Crippen LogP contribution in [0.3, 0.4) is 0 Å². The fourth-order valence-electron chi connectivity index (χ4n) is 1.30. The summed E-state index contributed by atoms with van der Waals surface area (Å²) < 4.78 is 0. The fourth-order valence-corrected chi connectivity index (χ4v) is 1.30. The highest BCUT2D eigenvalue weighted by molar-refractivity contribution is 5.27. The second kappa shape index (κ2) is 4.22. The molecule has 0 unspecified atom stereocenters. The fraction of sp³-hybridized carbons (Fsp3) is 0.600. The smallest absolute Gasteiger partial charge is 0.0360 e. The van der Waals surface area contributed by atoms with E-state index in [2.05, 4.69) is 25.2 Å². The van der Waals surface area contributed by atoms with E-state index in [0.29, 0.717) is 0 Å². The van der Waals surface area contributed by atoms with Crippen LogP contribution < -0.4 is 5.32 Å². The molecule has 0 fully saturated rings. The number of rotatable bonds is 3. The maximum absolute atomic E-state index is 3.24. The Bertz CT molecular complexity index is 177. The lowest BCUT2D eigenvalue weighted by Crippen LogP contribution is -2.14. The zero-order chi connectivity index (χ0) is 8.10. The van der Waals surface area contributed by atoms with Gasteiger partial charge in [-0.15, -0.1) is 0 Å². The largest absolute Gasteiger partial charge is 0.387 e. The maximum atomic E-state index is 3.24. The van der Waals surface area contributed by atoms with Crippen LogP contribution in [0.2, 0.25) is 0 Å². The van der Waals surface area contributed by atoms with Gasteiger partial charge in [-0.05, 0) is 43.2 Å². The third-order valence-electron chi connectivity index (χ3n) is 2.16. The quantitative estimate of drug-likeness (QED) is 0.653. The molecule has 62 valence electrons. The minimum Gasteiger partial charge on any atom is -0.387 e. The van der Waals surface area contributed by atoms with Crippen molar-refractivity contribution in [3.8, 4) is 0 Å². The topological polar surface area (TPSA) is 12.0 Å². The molecule has 0 radical (unpaired) electrons. The first-order valence-corrected chi connectivity index (χ1v) is 4.43. The molecule has 1 aliphatic rings. The van der Waals surface area contributed by atoms with Gasteiger partial charge in [-0.2, -0.15) is 0 Å². The summed E-state index contributed by atoms with van der Waals surface area (Å²) >= 11 is 0. The van der Waals surface area contributed by atoms with Crippen LogP contribution >= 0.6 is 0 Å². The number of dihydropyridines is 1. The van der Waals surface area contributed by atoms with E-state index in [1.165, 1.54) is 24.8 Å². The highest BCUT2D eigenvalue weighted by Gasteiger charge is 2.02. The van der Waals surface area contributed by atoms with Gasteiger partial charge in [0, 0.05) is 6.54 Å². The Balaban J connectivity index is 2.46. The molecule has 0 atom stereocenters. The van der Waals surface area contributed by atoms with Crippen molar-refractivity contribution in [3.05, 3.63) is 23.4 Å². The van der Waals surface area contributed by atoms with Crippen LogP contribution in [0.15, 0.2) is 23.4 Å². The molecule has 1 heterocycles. The Hall–Kier alpha value is -0.720. The van der Waals surface area contributed by atoms with E-state index in [1.54, 1.807) is 5.57 Å². The zero-order valence-corrected chi connectivity index (χ0v) is 7.48. The van der Waals surface area contributed by atoms with Crippen molar-refractivity contribution in [2.24, 2.45) is 0 Å². The molecule has 0 saturated heterocycles. The molecular formula is C10H17N. The standard InChI is InChI=1S/C10H17N/c1-3-4-5-10-8-11-7-6-9(10)2/h6-7,11H,3-5,8H2,1-2H3. The normalized spacial score (nSPS) is 16.9. The van der Waals surface area contributed by atoms with Gasteiger partial charge in [0.2, 0.25) is 0 Å². The summed E-state index contributed by atoms with van der Waals surface area (Å²) in [6, 6.07) is 0. The summed E-state index contributed by atoms with van der Waals surface area (Å²) in [7, 11) is 0.